The normalized spacial score (nSPS) is 20.0. The van der Waals surface area contributed by atoms with Crippen LogP contribution < -0.4 is 10.1 Å². The Balaban J connectivity index is 1.49. The SMILES string of the molecule is CC(=O)N1CC[C@H](NC(=O)c2c(C)[nH]c3c(-c4cc(C(F)(F)F)ccc4OCC4CC4)ncnc23)[C@@H](F)C1. The first kappa shape index (κ1) is 25.9. The van der Waals surface area contributed by atoms with Gasteiger partial charge >= 0.3 is 6.18 Å². The smallest absolute Gasteiger partial charge is 0.416 e. The quantitative estimate of drug-likeness (QED) is 0.457. The van der Waals surface area contributed by atoms with Crippen molar-refractivity contribution in [2.24, 2.45) is 5.92 Å². The summed E-state index contributed by atoms with van der Waals surface area (Å²) in [7, 11) is 0. The molecule has 0 bridgehead atoms. The summed E-state index contributed by atoms with van der Waals surface area (Å²) in [5, 5.41) is 2.70. The van der Waals surface area contributed by atoms with Crippen LogP contribution in [-0.4, -0.2) is 63.6 Å². The highest BCUT2D eigenvalue weighted by molar-refractivity contribution is 6.09. The number of carbonyl (C=O) groups is 2. The van der Waals surface area contributed by atoms with Crippen molar-refractivity contribution in [2.75, 3.05) is 19.7 Å². The van der Waals surface area contributed by atoms with E-state index >= 15 is 0 Å². The Bertz CT molecular complexity index is 1390. The largest absolute Gasteiger partial charge is 0.493 e. The number of ether oxygens (including phenoxy) is 1. The lowest BCUT2D eigenvalue weighted by Gasteiger charge is -2.34. The van der Waals surface area contributed by atoms with Crippen LogP contribution in [0.15, 0.2) is 24.5 Å². The van der Waals surface area contributed by atoms with Crippen molar-refractivity contribution >= 4 is 22.8 Å². The molecule has 3 heterocycles. The third-order valence-corrected chi connectivity index (χ3v) is 7.04. The molecule has 2 aromatic heterocycles. The van der Waals surface area contributed by atoms with Crippen molar-refractivity contribution in [1.82, 2.24) is 25.2 Å². The van der Waals surface area contributed by atoms with Crippen molar-refractivity contribution < 1.29 is 31.9 Å². The van der Waals surface area contributed by atoms with Gasteiger partial charge in [-0.05, 0) is 50.3 Å². The van der Waals surface area contributed by atoms with E-state index in [1.807, 2.05) is 0 Å². The number of likely N-dealkylation sites (tertiary alicyclic amines) is 1. The number of H-pyrrole nitrogens is 1. The molecular weight excluding hydrogens is 506 g/mol. The minimum atomic E-state index is -4.58. The first-order valence-corrected chi connectivity index (χ1v) is 12.4. The Morgan fingerprint density at radius 2 is 1.97 bits per heavy atom. The van der Waals surface area contributed by atoms with Gasteiger partial charge in [-0.1, -0.05) is 0 Å². The molecule has 1 saturated heterocycles. The number of nitrogens with one attached hydrogen (secondary N) is 2. The second-order valence-electron chi connectivity index (χ2n) is 9.88. The third-order valence-electron chi connectivity index (χ3n) is 7.04. The number of carbonyl (C=O) groups excluding carboxylic acids is 2. The van der Waals surface area contributed by atoms with Gasteiger partial charge in [0.25, 0.3) is 5.91 Å². The van der Waals surface area contributed by atoms with E-state index in [1.165, 1.54) is 24.2 Å². The van der Waals surface area contributed by atoms with Crippen molar-refractivity contribution in [3.05, 3.63) is 41.3 Å². The van der Waals surface area contributed by atoms with Crippen LogP contribution in [0, 0.1) is 12.8 Å². The molecule has 1 aliphatic heterocycles. The predicted molar refractivity (Wildman–Crippen MR) is 130 cm³/mol. The molecule has 2 amide bonds. The zero-order valence-electron chi connectivity index (χ0n) is 20.9. The lowest BCUT2D eigenvalue weighted by molar-refractivity contribution is -0.137. The Hall–Kier alpha value is -3.70. The molecule has 2 atom stereocenters. The van der Waals surface area contributed by atoms with Crippen LogP contribution in [0.4, 0.5) is 17.6 Å². The van der Waals surface area contributed by atoms with E-state index in [4.69, 9.17) is 4.74 Å². The lowest BCUT2D eigenvalue weighted by atomic mass is 10.0. The number of nitrogens with zero attached hydrogens (tertiary/aromatic N) is 3. The maximum Gasteiger partial charge on any atom is 0.416 e. The number of halogens is 4. The maximum absolute atomic E-state index is 14.7. The van der Waals surface area contributed by atoms with Crippen molar-refractivity contribution in [1.29, 1.82) is 0 Å². The molecule has 1 aliphatic carbocycles. The highest BCUT2D eigenvalue weighted by Gasteiger charge is 2.34. The fourth-order valence-electron chi connectivity index (χ4n) is 4.71. The number of alkyl halides is 4. The molecule has 2 aliphatic rings. The standard InChI is InChI=1S/C26H27F4N5O3/c1-13-21(25(37)34-19-7-8-35(14(2)36)10-18(19)27)23-24(33-13)22(31-12-32-23)17-9-16(26(28,29)30)5-6-20(17)38-11-15-3-4-15/h5-6,9,12,15,18-19,33H,3-4,7-8,10-11H2,1-2H3,(H,34,37)/t18-,19-/m0/s1. The molecule has 202 valence electrons. The van der Waals surface area contributed by atoms with E-state index in [2.05, 4.69) is 20.3 Å². The van der Waals surface area contributed by atoms with Crippen molar-refractivity contribution in [3.8, 4) is 17.0 Å². The van der Waals surface area contributed by atoms with Gasteiger partial charge in [0, 0.05) is 24.7 Å². The monoisotopic (exact) mass is 533 g/mol. The summed E-state index contributed by atoms with van der Waals surface area (Å²) in [6.45, 7) is 3.59. The van der Waals surface area contributed by atoms with Gasteiger partial charge in [-0.25, -0.2) is 14.4 Å². The van der Waals surface area contributed by atoms with Crippen LogP contribution in [0.25, 0.3) is 22.3 Å². The topological polar surface area (TPSA) is 100 Å². The van der Waals surface area contributed by atoms with E-state index < -0.39 is 29.9 Å². The third kappa shape index (κ3) is 5.16. The maximum atomic E-state index is 14.7. The fraction of sp³-hybridized carbons (Fsp3) is 0.462. The minimum Gasteiger partial charge on any atom is -0.493 e. The zero-order valence-corrected chi connectivity index (χ0v) is 20.9. The van der Waals surface area contributed by atoms with Crippen LogP contribution in [0.5, 0.6) is 5.75 Å². The average Bonchev–Trinajstić information content (AvgIpc) is 3.62. The molecule has 38 heavy (non-hydrogen) atoms. The first-order chi connectivity index (χ1) is 18.0. The van der Waals surface area contributed by atoms with Crippen LogP contribution in [0.1, 0.15) is 47.8 Å². The summed E-state index contributed by atoms with van der Waals surface area (Å²) in [6.07, 6.45) is -2.57. The molecule has 5 rings (SSSR count). The Kier molecular flexibility index (Phi) is 6.74. The van der Waals surface area contributed by atoms with Gasteiger partial charge in [-0.15, -0.1) is 0 Å². The van der Waals surface area contributed by atoms with Gasteiger partial charge < -0.3 is 19.9 Å². The summed E-state index contributed by atoms with van der Waals surface area (Å²) in [4.78, 5) is 37.7. The van der Waals surface area contributed by atoms with Gasteiger partial charge in [0.15, 0.2) is 0 Å². The van der Waals surface area contributed by atoms with Crippen molar-refractivity contribution in [2.45, 2.75) is 51.5 Å². The second kappa shape index (κ2) is 9.88. The number of aryl methyl sites for hydroxylation is 1. The number of benzene rings is 1. The highest BCUT2D eigenvalue weighted by Crippen LogP contribution is 2.40. The summed E-state index contributed by atoms with van der Waals surface area (Å²) in [6, 6.07) is 2.44. The number of hydrogen-bond acceptors (Lipinski definition) is 5. The van der Waals surface area contributed by atoms with Crippen LogP contribution >= 0.6 is 0 Å². The molecule has 0 unspecified atom stereocenters. The minimum absolute atomic E-state index is 0.112. The Labute approximate surface area is 215 Å². The number of amides is 2. The van der Waals surface area contributed by atoms with E-state index in [0.29, 0.717) is 24.8 Å². The van der Waals surface area contributed by atoms with Crippen LogP contribution in [0.3, 0.4) is 0 Å². The molecule has 0 spiro atoms. The number of hydrogen-bond donors (Lipinski definition) is 2. The fourth-order valence-corrected chi connectivity index (χ4v) is 4.71. The number of rotatable bonds is 6. The number of fused-ring (bicyclic) bond motifs is 1. The molecule has 2 N–H and O–H groups in total. The van der Waals surface area contributed by atoms with Gasteiger partial charge in [0.1, 0.15) is 29.5 Å². The summed E-state index contributed by atoms with van der Waals surface area (Å²) in [5.41, 5.74) is 0.459. The number of piperidine rings is 1. The van der Waals surface area contributed by atoms with Gasteiger partial charge in [-0.3, -0.25) is 9.59 Å². The van der Waals surface area contributed by atoms with Gasteiger partial charge in [0.2, 0.25) is 5.91 Å². The zero-order chi connectivity index (χ0) is 27.2. The molecule has 1 saturated carbocycles. The Morgan fingerprint density at radius 1 is 1.21 bits per heavy atom. The van der Waals surface area contributed by atoms with Gasteiger partial charge in [0.05, 0.1) is 35.8 Å². The molecule has 12 heteroatoms. The summed E-state index contributed by atoms with van der Waals surface area (Å²) >= 11 is 0. The first-order valence-electron chi connectivity index (χ1n) is 12.4. The average molecular weight is 534 g/mol. The van der Waals surface area contributed by atoms with Crippen molar-refractivity contribution in [3.63, 3.8) is 0 Å². The Morgan fingerprint density at radius 3 is 2.63 bits per heavy atom. The molecule has 0 radical (unpaired) electrons. The van der Waals surface area contributed by atoms with Crippen LogP contribution in [-0.2, 0) is 11.0 Å². The second-order valence-corrected chi connectivity index (χ2v) is 9.88. The lowest BCUT2D eigenvalue weighted by Crippen LogP contribution is -2.53. The highest BCUT2D eigenvalue weighted by atomic mass is 19.4. The molecule has 1 aromatic carbocycles. The summed E-state index contributed by atoms with van der Waals surface area (Å²) < 4.78 is 61.3. The molecule has 2 fully saturated rings. The van der Waals surface area contributed by atoms with E-state index in [1.54, 1.807) is 6.92 Å². The number of aromatic nitrogens is 3. The van der Waals surface area contributed by atoms with E-state index in [0.717, 1.165) is 25.0 Å². The predicted octanol–water partition coefficient (Wildman–Crippen LogP) is 4.43. The number of aromatic amines is 1. The van der Waals surface area contributed by atoms with E-state index in [9.17, 15) is 27.2 Å². The molecular formula is C26H27F4N5O3. The summed E-state index contributed by atoms with van der Waals surface area (Å²) in [5.74, 6) is -0.179. The van der Waals surface area contributed by atoms with Crippen LogP contribution in [0.2, 0.25) is 0 Å². The van der Waals surface area contributed by atoms with E-state index in [-0.39, 0.29) is 52.5 Å². The van der Waals surface area contributed by atoms with Gasteiger partial charge in [-0.2, -0.15) is 13.2 Å². The molecule has 8 nitrogen and oxygen atoms in total. The molecule has 3 aromatic rings.